The normalized spacial score (nSPS) is 11.1. The molecule has 0 bridgehead atoms. The molecule has 6 nitrogen and oxygen atoms in total. The number of imidazole rings is 1. The second-order valence-corrected chi connectivity index (χ2v) is 4.28. The van der Waals surface area contributed by atoms with Gasteiger partial charge in [-0.1, -0.05) is 0 Å². The number of anilines is 1. The molecule has 2 aromatic heterocycles. The molecule has 0 saturated carbocycles. The lowest BCUT2D eigenvalue weighted by atomic mass is 10.3. The molecule has 2 heterocycles. The Morgan fingerprint density at radius 3 is 2.95 bits per heavy atom. The Morgan fingerprint density at radius 2 is 2.26 bits per heavy atom. The fourth-order valence-corrected chi connectivity index (χ4v) is 2.03. The van der Waals surface area contributed by atoms with Crippen molar-refractivity contribution in [3.63, 3.8) is 0 Å². The number of fused-ring (bicyclic) bond motifs is 1. The zero-order chi connectivity index (χ0) is 13.4. The molecule has 0 spiro atoms. The lowest BCUT2D eigenvalue weighted by molar-refractivity contribution is 0.415. The highest BCUT2D eigenvalue weighted by Gasteiger charge is 2.11. The molecule has 2 N–H and O–H groups in total. The van der Waals surface area contributed by atoms with E-state index in [1.165, 1.54) is 0 Å². The monoisotopic (exact) mass is 258 g/mol. The third-order valence-corrected chi connectivity index (χ3v) is 2.95. The number of aryl methyl sites for hydroxylation is 1. The summed E-state index contributed by atoms with van der Waals surface area (Å²) in [6, 6.07) is 5.65. The lowest BCUT2D eigenvalue weighted by Crippen LogP contribution is -2.04. The first kappa shape index (κ1) is 11.6. The summed E-state index contributed by atoms with van der Waals surface area (Å²) in [5.41, 5.74) is 7.66. The van der Waals surface area contributed by atoms with Gasteiger partial charge < -0.3 is 19.5 Å². The standard InChI is InChI=1S/C13H14N4O2/c1-8-6-15-12(19-8)7-17-11-4-3-9(18-2)5-10(11)16-13(17)14/h3-6H,7H2,1-2H3,(H2,14,16). The smallest absolute Gasteiger partial charge is 0.214 e. The molecule has 3 aromatic rings. The zero-order valence-electron chi connectivity index (χ0n) is 10.8. The maximum absolute atomic E-state index is 5.94. The zero-order valence-corrected chi connectivity index (χ0v) is 10.8. The Hall–Kier alpha value is -2.50. The lowest BCUT2D eigenvalue weighted by Gasteiger charge is -2.03. The van der Waals surface area contributed by atoms with Gasteiger partial charge in [0.05, 0.1) is 24.3 Å². The number of nitrogens with zero attached hydrogens (tertiary/aromatic N) is 3. The van der Waals surface area contributed by atoms with Gasteiger partial charge in [0.15, 0.2) is 0 Å². The van der Waals surface area contributed by atoms with Crippen molar-refractivity contribution in [1.29, 1.82) is 0 Å². The van der Waals surface area contributed by atoms with E-state index >= 15 is 0 Å². The van der Waals surface area contributed by atoms with Crippen molar-refractivity contribution < 1.29 is 9.15 Å². The van der Waals surface area contributed by atoms with Crippen LogP contribution >= 0.6 is 0 Å². The van der Waals surface area contributed by atoms with Crippen molar-refractivity contribution in [3.05, 3.63) is 36.0 Å². The highest BCUT2D eigenvalue weighted by molar-refractivity contribution is 5.80. The van der Waals surface area contributed by atoms with E-state index in [4.69, 9.17) is 14.9 Å². The van der Waals surface area contributed by atoms with Crippen LogP contribution in [0.5, 0.6) is 5.75 Å². The van der Waals surface area contributed by atoms with E-state index < -0.39 is 0 Å². The van der Waals surface area contributed by atoms with E-state index in [-0.39, 0.29) is 0 Å². The number of aromatic nitrogens is 3. The fourth-order valence-electron chi connectivity index (χ4n) is 2.03. The number of nitrogen functional groups attached to an aromatic ring is 1. The van der Waals surface area contributed by atoms with Gasteiger partial charge in [0.2, 0.25) is 11.8 Å². The second kappa shape index (κ2) is 4.31. The van der Waals surface area contributed by atoms with Crippen molar-refractivity contribution in [3.8, 4) is 5.75 Å². The first-order chi connectivity index (χ1) is 9.17. The number of oxazole rings is 1. The molecule has 0 saturated heterocycles. The van der Waals surface area contributed by atoms with Gasteiger partial charge in [-0.2, -0.15) is 0 Å². The molecule has 6 heteroatoms. The molecule has 0 fully saturated rings. The molecule has 0 aliphatic heterocycles. The topological polar surface area (TPSA) is 79.1 Å². The Bertz CT molecular complexity index is 729. The molecule has 0 unspecified atom stereocenters. The first-order valence-electron chi connectivity index (χ1n) is 5.88. The molecule has 3 rings (SSSR count). The largest absolute Gasteiger partial charge is 0.497 e. The number of benzene rings is 1. The van der Waals surface area contributed by atoms with Gasteiger partial charge in [-0.3, -0.25) is 0 Å². The average molecular weight is 258 g/mol. The molecule has 0 radical (unpaired) electrons. The van der Waals surface area contributed by atoms with E-state index in [1.54, 1.807) is 13.3 Å². The van der Waals surface area contributed by atoms with Crippen LogP contribution in [-0.4, -0.2) is 21.6 Å². The highest BCUT2D eigenvalue weighted by Crippen LogP contribution is 2.23. The quantitative estimate of drug-likeness (QED) is 0.777. The molecule has 0 aliphatic carbocycles. The van der Waals surface area contributed by atoms with Gasteiger partial charge >= 0.3 is 0 Å². The van der Waals surface area contributed by atoms with Gasteiger partial charge in [-0.05, 0) is 19.1 Å². The SMILES string of the molecule is COc1ccc2c(c1)nc(N)n2Cc1ncc(C)o1. The highest BCUT2D eigenvalue weighted by atomic mass is 16.5. The third kappa shape index (κ3) is 2.01. The summed E-state index contributed by atoms with van der Waals surface area (Å²) in [7, 11) is 1.62. The van der Waals surface area contributed by atoms with Crippen LogP contribution in [0.15, 0.2) is 28.8 Å². The summed E-state index contributed by atoms with van der Waals surface area (Å²) in [5.74, 6) is 2.57. The summed E-state index contributed by atoms with van der Waals surface area (Å²) in [5, 5.41) is 0. The van der Waals surface area contributed by atoms with Crippen molar-refractivity contribution >= 4 is 17.0 Å². The predicted molar refractivity (Wildman–Crippen MR) is 71.0 cm³/mol. The van der Waals surface area contributed by atoms with Crippen LogP contribution in [0, 0.1) is 6.92 Å². The minimum absolute atomic E-state index is 0.430. The fraction of sp³-hybridized carbons (Fsp3) is 0.231. The van der Waals surface area contributed by atoms with Gasteiger partial charge in [-0.25, -0.2) is 9.97 Å². The van der Waals surface area contributed by atoms with Gasteiger partial charge in [0.25, 0.3) is 0 Å². The maximum atomic E-state index is 5.94. The molecule has 19 heavy (non-hydrogen) atoms. The summed E-state index contributed by atoms with van der Waals surface area (Å²) in [6.45, 7) is 2.32. The van der Waals surface area contributed by atoms with E-state index in [2.05, 4.69) is 9.97 Å². The van der Waals surface area contributed by atoms with Crippen LogP contribution in [0.4, 0.5) is 5.95 Å². The molecular formula is C13H14N4O2. The summed E-state index contributed by atoms with van der Waals surface area (Å²) in [6.07, 6.45) is 1.69. The van der Waals surface area contributed by atoms with Crippen LogP contribution in [-0.2, 0) is 6.54 Å². The number of hydrogen-bond acceptors (Lipinski definition) is 5. The molecular weight excluding hydrogens is 244 g/mol. The molecule has 0 aliphatic rings. The Morgan fingerprint density at radius 1 is 1.42 bits per heavy atom. The summed E-state index contributed by atoms with van der Waals surface area (Å²) < 4.78 is 12.5. The molecule has 1 aromatic carbocycles. The second-order valence-electron chi connectivity index (χ2n) is 4.28. The van der Waals surface area contributed by atoms with Crippen molar-refractivity contribution in [2.24, 2.45) is 0 Å². The van der Waals surface area contributed by atoms with Gasteiger partial charge in [0, 0.05) is 6.07 Å². The van der Waals surface area contributed by atoms with E-state index in [0.717, 1.165) is 22.5 Å². The molecule has 0 amide bonds. The van der Waals surface area contributed by atoms with Crippen LogP contribution in [0.3, 0.4) is 0 Å². The summed E-state index contributed by atoms with van der Waals surface area (Å²) in [4.78, 5) is 8.49. The minimum atomic E-state index is 0.430. The van der Waals surface area contributed by atoms with Crippen LogP contribution in [0.1, 0.15) is 11.7 Å². The number of methoxy groups -OCH3 is 1. The van der Waals surface area contributed by atoms with Crippen LogP contribution in [0.2, 0.25) is 0 Å². The molecule has 98 valence electrons. The van der Waals surface area contributed by atoms with Crippen LogP contribution in [0.25, 0.3) is 11.0 Å². The minimum Gasteiger partial charge on any atom is -0.497 e. The van der Waals surface area contributed by atoms with Crippen molar-refractivity contribution in [2.45, 2.75) is 13.5 Å². The van der Waals surface area contributed by atoms with Crippen molar-refractivity contribution in [2.75, 3.05) is 12.8 Å². The van der Waals surface area contributed by atoms with Gasteiger partial charge in [0.1, 0.15) is 18.1 Å². The Labute approximate surface area is 109 Å². The molecule has 0 atom stereocenters. The first-order valence-corrected chi connectivity index (χ1v) is 5.88. The number of hydrogen-bond donors (Lipinski definition) is 1. The predicted octanol–water partition coefficient (Wildman–Crippen LogP) is 1.97. The Balaban J connectivity index is 2.05. The number of rotatable bonds is 3. The van der Waals surface area contributed by atoms with E-state index in [0.29, 0.717) is 18.4 Å². The maximum Gasteiger partial charge on any atom is 0.214 e. The average Bonchev–Trinajstić information content (AvgIpc) is 2.94. The number of nitrogens with two attached hydrogens (primary N) is 1. The third-order valence-electron chi connectivity index (χ3n) is 2.95. The number of ether oxygens (including phenoxy) is 1. The van der Waals surface area contributed by atoms with Crippen molar-refractivity contribution in [1.82, 2.24) is 14.5 Å². The van der Waals surface area contributed by atoms with Crippen LogP contribution < -0.4 is 10.5 Å². The van der Waals surface area contributed by atoms with E-state index in [9.17, 15) is 0 Å². The van der Waals surface area contributed by atoms with Gasteiger partial charge in [-0.15, -0.1) is 0 Å². The van der Waals surface area contributed by atoms with E-state index in [1.807, 2.05) is 29.7 Å². The Kier molecular flexibility index (Phi) is 2.63. The summed E-state index contributed by atoms with van der Waals surface area (Å²) >= 11 is 0.